The highest BCUT2D eigenvalue weighted by Gasteiger charge is 2.34. The average molecular weight is 483 g/mol. The first-order valence-corrected chi connectivity index (χ1v) is 11.0. The molecule has 1 atom stereocenters. The van der Waals surface area contributed by atoms with Crippen molar-refractivity contribution in [2.45, 2.75) is 38.7 Å². The van der Waals surface area contributed by atoms with E-state index in [1.165, 1.54) is 24.0 Å². The number of aryl methyl sites for hydroxylation is 1. The summed E-state index contributed by atoms with van der Waals surface area (Å²) in [5, 5.41) is 11.4. The fraction of sp³-hybridized carbons (Fsp3) is 0.280. The molecule has 10 heteroatoms. The summed E-state index contributed by atoms with van der Waals surface area (Å²) in [5.41, 5.74) is 2.35. The van der Waals surface area contributed by atoms with Gasteiger partial charge in [0.1, 0.15) is 18.2 Å². The second-order valence-electron chi connectivity index (χ2n) is 8.67. The van der Waals surface area contributed by atoms with Crippen molar-refractivity contribution in [3.05, 3.63) is 99.1 Å². The highest BCUT2D eigenvalue weighted by atomic mass is 19.4. The Labute approximate surface area is 200 Å². The Morgan fingerprint density at radius 1 is 1.11 bits per heavy atom. The average Bonchev–Trinajstić information content (AvgIpc) is 3.21. The molecule has 0 saturated carbocycles. The molecule has 0 saturated heterocycles. The molecule has 182 valence electrons. The molecule has 1 unspecified atom stereocenters. The van der Waals surface area contributed by atoms with Crippen LogP contribution in [-0.2, 0) is 19.8 Å². The van der Waals surface area contributed by atoms with Gasteiger partial charge < -0.3 is 9.47 Å². The normalized spacial score (nSPS) is 16.0. The van der Waals surface area contributed by atoms with E-state index in [4.69, 9.17) is 0 Å². The Bertz CT molecular complexity index is 1290. The second kappa shape index (κ2) is 9.36. The van der Waals surface area contributed by atoms with Crippen LogP contribution in [0.4, 0.5) is 13.2 Å². The van der Waals surface area contributed by atoms with E-state index in [-0.39, 0.29) is 17.4 Å². The SMILES string of the molecule is CC(C)c1ccccc1C1N=CC([N+](=O)[O-])=CN1Cc1ccc(-c2nc(C(F)(F)F)cn2C)cc1. The monoisotopic (exact) mass is 483 g/mol. The van der Waals surface area contributed by atoms with Crippen molar-refractivity contribution in [2.75, 3.05) is 0 Å². The van der Waals surface area contributed by atoms with Gasteiger partial charge >= 0.3 is 11.9 Å². The molecule has 0 fully saturated rings. The van der Waals surface area contributed by atoms with Crippen LogP contribution in [0.1, 0.15) is 48.3 Å². The van der Waals surface area contributed by atoms with Crippen LogP contribution < -0.4 is 0 Å². The van der Waals surface area contributed by atoms with Gasteiger partial charge in [-0.3, -0.25) is 15.1 Å². The minimum atomic E-state index is -4.52. The van der Waals surface area contributed by atoms with Gasteiger partial charge in [-0.15, -0.1) is 0 Å². The van der Waals surface area contributed by atoms with Crippen LogP contribution in [0, 0.1) is 10.1 Å². The summed E-state index contributed by atoms with van der Waals surface area (Å²) in [6, 6.07) is 14.8. The number of nitro groups is 1. The van der Waals surface area contributed by atoms with Gasteiger partial charge in [0.25, 0.3) is 0 Å². The van der Waals surface area contributed by atoms with Gasteiger partial charge in [0.2, 0.25) is 0 Å². The molecule has 0 N–H and O–H groups in total. The quantitative estimate of drug-likeness (QED) is 0.322. The topological polar surface area (TPSA) is 76.6 Å². The number of allylic oxidation sites excluding steroid dienone is 1. The molecule has 2 aromatic carbocycles. The van der Waals surface area contributed by atoms with Crippen LogP contribution in [0.3, 0.4) is 0 Å². The first-order chi connectivity index (χ1) is 16.5. The Balaban J connectivity index is 1.64. The van der Waals surface area contributed by atoms with Gasteiger partial charge in [-0.1, -0.05) is 62.4 Å². The van der Waals surface area contributed by atoms with Crippen molar-refractivity contribution in [3.8, 4) is 11.4 Å². The number of nitrogens with zero attached hydrogens (tertiary/aromatic N) is 5. The summed E-state index contributed by atoms with van der Waals surface area (Å²) in [5.74, 6) is 0.438. The van der Waals surface area contributed by atoms with E-state index in [0.717, 1.165) is 22.9 Å². The van der Waals surface area contributed by atoms with E-state index in [9.17, 15) is 23.3 Å². The minimum absolute atomic E-state index is 0.118. The summed E-state index contributed by atoms with van der Waals surface area (Å²) >= 11 is 0. The number of imidazole rings is 1. The number of alkyl halides is 3. The number of rotatable bonds is 6. The molecule has 35 heavy (non-hydrogen) atoms. The van der Waals surface area contributed by atoms with Crippen LogP contribution in [0.2, 0.25) is 0 Å². The number of hydrogen-bond acceptors (Lipinski definition) is 5. The fourth-order valence-corrected chi connectivity index (χ4v) is 4.10. The summed E-state index contributed by atoms with van der Waals surface area (Å²) in [6.45, 7) is 4.48. The van der Waals surface area contributed by atoms with Gasteiger partial charge in [-0.05, 0) is 22.6 Å². The molecule has 0 aliphatic carbocycles. The van der Waals surface area contributed by atoms with Gasteiger partial charge in [-0.25, -0.2) is 4.98 Å². The zero-order valence-electron chi connectivity index (χ0n) is 19.4. The first-order valence-electron chi connectivity index (χ1n) is 11.0. The van der Waals surface area contributed by atoms with Crippen molar-refractivity contribution < 1.29 is 18.1 Å². The maximum absolute atomic E-state index is 13.0. The summed E-state index contributed by atoms with van der Waals surface area (Å²) in [4.78, 5) is 21.0. The lowest BCUT2D eigenvalue weighted by Gasteiger charge is -2.31. The van der Waals surface area contributed by atoms with E-state index in [2.05, 4.69) is 23.8 Å². The zero-order chi connectivity index (χ0) is 25.3. The van der Waals surface area contributed by atoms with Crippen molar-refractivity contribution in [3.63, 3.8) is 0 Å². The third-order valence-corrected chi connectivity index (χ3v) is 5.81. The van der Waals surface area contributed by atoms with Crippen LogP contribution in [0.25, 0.3) is 11.4 Å². The summed E-state index contributed by atoms with van der Waals surface area (Å²) in [6.07, 6.45) is -1.25. The predicted molar refractivity (Wildman–Crippen MR) is 126 cm³/mol. The van der Waals surface area contributed by atoms with E-state index in [1.54, 1.807) is 29.2 Å². The molecule has 0 radical (unpaired) electrons. The van der Waals surface area contributed by atoms with E-state index in [1.807, 2.05) is 24.3 Å². The molecule has 7 nitrogen and oxygen atoms in total. The van der Waals surface area contributed by atoms with E-state index in [0.29, 0.717) is 12.1 Å². The van der Waals surface area contributed by atoms with Crippen LogP contribution in [0.15, 0.2) is 71.6 Å². The molecule has 1 aliphatic heterocycles. The molecular formula is C25H24F3N5O2. The zero-order valence-corrected chi connectivity index (χ0v) is 19.4. The number of benzene rings is 2. The third kappa shape index (κ3) is 5.11. The highest BCUT2D eigenvalue weighted by molar-refractivity contribution is 5.76. The van der Waals surface area contributed by atoms with Gasteiger partial charge in [-0.2, -0.15) is 13.2 Å². The molecule has 0 amide bonds. The molecule has 2 heterocycles. The van der Waals surface area contributed by atoms with E-state index >= 15 is 0 Å². The molecule has 1 aliphatic rings. The van der Waals surface area contributed by atoms with Crippen LogP contribution >= 0.6 is 0 Å². The maximum Gasteiger partial charge on any atom is 0.434 e. The predicted octanol–water partition coefficient (Wildman–Crippen LogP) is 5.93. The number of aliphatic imine (C=N–C) groups is 1. The lowest BCUT2D eigenvalue weighted by atomic mass is 9.94. The third-order valence-electron chi connectivity index (χ3n) is 5.81. The Kier molecular flexibility index (Phi) is 6.47. The molecule has 0 spiro atoms. The largest absolute Gasteiger partial charge is 0.434 e. The maximum atomic E-state index is 13.0. The molecule has 0 bridgehead atoms. The van der Waals surface area contributed by atoms with Crippen molar-refractivity contribution in [1.82, 2.24) is 14.5 Å². The van der Waals surface area contributed by atoms with Crippen LogP contribution in [0.5, 0.6) is 0 Å². The Morgan fingerprint density at radius 3 is 2.40 bits per heavy atom. The smallest absolute Gasteiger partial charge is 0.342 e. The fourth-order valence-electron chi connectivity index (χ4n) is 4.10. The summed E-state index contributed by atoms with van der Waals surface area (Å²) in [7, 11) is 1.51. The molecule has 3 aromatic rings. The Morgan fingerprint density at radius 2 is 1.80 bits per heavy atom. The van der Waals surface area contributed by atoms with Gasteiger partial charge in [0.05, 0.1) is 11.1 Å². The molecule has 1 aromatic heterocycles. The number of halogens is 3. The van der Waals surface area contributed by atoms with Crippen molar-refractivity contribution in [1.29, 1.82) is 0 Å². The van der Waals surface area contributed by atoms with Crippen molar-refractivity contribution >= 4 is 6.21 Å². The highest BCUT2D eigenvalue weighted by Crippen LogP contribution is 2.34. The second-order valence-corrected chi connectivity index (χ2v) is 8.67. The van der Waals surface area contributed by atoms with Gasteiger partial charge in [0.15, 0.2) is 5.69 Å². The van der Waals surface area contributed by atoms with Crippen molar-refractivity contribution in [2.24, 2.45) is 12.0 Å². The summed E-state index contributed by atoms with van der Waals surface area (Å²) < 4.78 is 40.4. The minimum Gasteiger partial charge on any atom is -0.342 e. The standard InChI is InChI=1S/C25H24F3N5O2/c1-16(2)20-6-4-5-7-21(20)24-29-12-19(33(34)35)14-32(24)13-17-8-10-18(11-9-17)23-30-22(15-31(23)3)25(26,27)28/h4-12,14-16,24H,13H2,1-3H3. The number of hydrogen-bond donors (Lipinski definition) is 0. The molecular weight excluding hydrogens is 459 g/mol. The first kappa shape index (κ1) is 24.2. The van der Waals surface area contributed by atoms with E-state index < -0.39 is 23.0 Å². The van der Waals surface area contributed by atoms with Crippen LogP contribution in [-0.4, -0.2) is 25.6 Å². The lowest BCUT2D eigenvalue weighted by molar-refractivity contribution is -0.415. The number of aromatic nitrogens is 2. The lowest BCUT2D eigenvalue weighted by Crippen LogP contribution is -2.28. The molecule has 4 rings (SSSR count). The Hall–Kier alpha value is -3.95. The van der Waals surface area contributed by atoms with Gasteiger partial charge in [0, 0.05) is 25.4 Å².